The predicted molar refractivity (Wildman–Crippen MR) is 102 cm³/mol. The van der Waals surface area contributed by atoms with Gasteiger partial charge in [0, 0.05) is 36.3 Å². The molecule has 2 aromatic carbocycles. The number of anilines is 1. The lowest BCUT2D eigenvalue weighted by Crippen LogP contribution is -2.53. The molecule has 1 aliphatic rings. The van der Waals surface area contributed by atoms with E-state index >= 15 is 0 Å². The first-order valence-corrected chi connectivity index (χ1v) is 9.25. The molecule has 1 N–H and O–H groups in total. The number of fused-ring (bicyclic) bond motifs is 1. The number of nitrogens with one attached hydrogen (secondary N) is 1. The van der Waals surface area contributed by atoms with Crippen molar-refractivity contribution in [2.45, 2.75) is 12.5 Å². The molecule has 3 rings (SSSR count). The molecule has 0 aliphatic carbocycles. The highest BCUT2D eigenvalue weighted by molar-refractivity contribution is 9.10. The lowest BCUT2D eigenvalue weighted by atomic mass is 9.91. The Hall–Kier alpha value is -2.07. The van der Waals surface area contributed by atoms with Crippen molar-refractivity contribution in [2.75, 3.05) is 31.9 Å². The maximum Gasteiger partial charge on any atom is 0.275 e. The van der Waals surface area contributed by atoms with Crippen LogP contribution in [0, 0.1) is 11.6 Å². The van der Waals surface area contributed by atoms with E-state index in [4.69, 9.17) is 14.3 Å². The molecule has 0 saturated heterocycles. The number of ether oxygens (including phenoxy) is 2. The molecule has 1 aliphatic heterocycles. The summed E-state index contributed by atoms with van der Waals surface area (Å²) < 4.78 is 39.0. The molecule has 0 fully saturated rings. The van der Waals surface area contributed by atoms with E-state index in [0.29, 0.717) is 18.0 Å². The van der Waals surface area contributed by atoms with Crippen LogP contribution in [-0.4, -0.2) is 32.9 Å². The third kappa shape index (κ3) is 4.17. The summed E-state index contributed by atoms with van der Waals surface area (Å²) in [5.74, 6) is -1.59. The molecule has 0 bridgehead atoms. The van der Waals surface area contributed by atoms with Crippen LogP contribution in [0.1, 0.15) is 12.5 Å². The molecule has 0 spiro atoms. The largest absolute Gasteiger partial charge is 0.471 e. The molecule has 1 heterocycles. The van der Waals surface area contributed by atoms with Crippen molar-refractivity contribution in [1.82, 2.24) is 5.48 Å². The number of rotatable bonds is 7. The van der Waals surface area contributed by atoms with Crippen molar-refractivity contribution in [1.29, 1.82) is 0 Å². The van der Waals surface area contributed by atoms with E-state index < -0.39 is 23.1 Å². The summed E-state index contributed by atoms with van der Waals surface area (Å²) in [5.41, 5.74) is 1.75. The molecule has 0 aromatic heterocycles. The van der Waals surface area contributed by atoms with E-state index in [-0.39, 0.29) is 18.9 Å². The van der Waals surface area contributed by atoms with Gasteiger partial charge >= 0.3 is 0 Å². The predicted octanol–water partition coefficient (Wildman–Crippen LogP) is 3.49. The zero-order chi connectivity index (χ0) is 20.3. The van der Waals surface area contributed by atoms with Gasteiger partial charge < -0.3 is 14.4 Å². The SMILES string of the molecule is COCONCCN1C(=O)[C@](C)(c2cc(F)cc(F)c2)Oc2ccc(Br)cc21. The van der Waals surface area contributed by atoms with Crippen LogP contribution in [0.2, 0.25) is 0 Å². The third-order valence-electron chi connectivity index (χ3n) is 4.31. The zero-order valence-corrected chi connectivity index (χ0v) is 16.9. The highest BCUT2D eigenvalue weighted by Crippen LogP contribution is 2.43. The van der Waals surface area contributed by atoms with Gasteiger partial charge in [-0.2, -0.15) is 5.48 Å². The Labute approximate surface area is 169 Å². The molecular weight excluding hydrogens is 438 g/mol. The number of methoxy groups -OCH3 is 1. The topological polar surface area (TPSA) is 60.0 Å². The highest BCUT2D eigenvalue weighted by atomic mass is 79.9. The average molecular weight is 457 g/mol. The van der Waals surface area contributed by atoms with Gasteiger partial charge in [0.05, 0.1) is 5.69 Å². The van der Waals surface area contributed by atoms with Gasteiger partial charge in [-0.3, -0.25) is 9.63 Å². The van der Waals surface area contributed by atoms with E-state index in [1.54, 1.807) is 18.2 Å². The number of nitrogens with zero attached hydrogens (tertiary/aromatic N) is 1. The minimum absolute atomic E-state index is 0.0550. The number of benzene rings is 2. The number of halogens is 3. The Morgan fingerprint density at radius 1 is 1.21 bits per heavy atom. The molecule has 0 saturated carbocycles. The number of amides is 1. The van der Waals surface area contributed by atoms with Crippen LogP contribution in [0.5, 0.6) is 5.75 Å². The first kappa shape index (κ1) is 20.7. The number of hydrogen-bond acceptors (Lipinski definition) is 5. The van der Waals surface area contributed by atoms with Crippen LogP contribution in [0.3, 0.4) is 0 Å². The molecule has 1 atom stereocenters. The molecule has 2 aromatic rings. The van der Waals surface area contributed by atoms with Crippen LogP contribution in [0.25, 0.3) is 0 Å². The summed E-state index contributed by atoms with van der Waals surface area (Å²) in [6.45, 7) is 2.09. The van der Waals surface area contributed by atoms with Gasteiger partial charge in [-0.25, -0.2) is 8.78 Å². The maximum absolute atomic E-state index is 13.8. The highest BCUT2D eigenvalue weighted by Gasteiger charge is 2.46. The van der Waals surface area contributed by atoms with E-state index in [2.05, 4.69) is 21.4 Å². The number of carbonyl (C=O) groups is 1. The van der Waals surface area contributed by atoms with Gasteiger partial charge in [-0.05, 0) is 37.3 Å². The Balaban J connectivity index is 1.96. The van der Waals surface area contributed by atoms with Crippen LogP contribution in [0.4, 0.5) is 14.5 Å². The number of hydrogen-bond donors (Lipinski definition) is 1. The van der Waals surface area contributed by atoms with E-state index in [0.717, 1.165) is 22.7 Å². The fraction of sp³-hybridized carbons (Fsp3) is 0.316. The van der Waals surface area contributed by atoms with Gasteiger partial charge in [-0.15, -0.1) is 0 Å². The van der Waals surface area contributed by atoms with Crippen LogP contribution in [0.15, 0.2) is 40.9 Å². The van der Waals surface area contributed by atoms with Gasteiger partial charge in [0.15, 0.2) is 6.79 Å². The second-order valence-corrected chi connectivity index (χ2v) is 7.22. The Morgan fingerprint density at radius 3 is 2.61 bits per heavy atom. The molecule has 28 heavy (non-hydrogen) atoms. The first-order valence-electron chi connectivity index (χ1n) is 8.46. The second kappa shape index (κ2) is 8.52. The summed E-state index contributed by atoms with van der Waals surface area (Å²) in [6, 6.07) is 8.15. The Kier molecular flexibility index (Phi) is 6.29. The second-order valence-electron chi connectivity index (χ2n) is 6.31. The normalized spacial score (nSPS) is 18.8. The van der Waals surface area contributed by atoms with Crippen molar-refractivity contribution in [3.63, 3.8) is 0 Å². The van der Waals surface area contributed by atoms with E-state index in [1.807, 2.05) is 0 Å². The average Bonchev–Trinajstić information content (AvgIpc) is 2.64. The molecule has 1 amide bonds. The summed E-state index contributed by atoms with van der Waals surface area (Å²) in [5, 5.41) is 0. The number of carbonyl (C=O) groups excluding carboxylic acids is 1. The molecule has 6 nitrogen and oxygen atoms in total. The number of hydroxylamine groups is 1. The minimum Gasteiger partial charge on any atom is -0.471 e. The van der Waals surface area contributed by atoms with Crippen molar-refractivity contribution in [3.05, 3.63) is 58.1 Å². The van der Waals surface area contributed by atoms with Crippen LogP contribution >= 0.6 is 15.9 Å². The summed E-state index contributed by atoms with van der Waals surface area (Å²) in [4.78, 5) is 19.8. The van der Waals surface area contributed by atoms with Crippen molar-refractivity contribution >= 4 is 27.5 Å². The molecule has 0 unspecified atom stereocenters. The van der Waals surface area contributed by atoms with Gasteiger partial charge in [0.1, 0.15) is 17.4 Å². The van der Waals surface area contributed by atoms with Gasteiger partial charge in [0.25, 0.3) is 5.91 Å². The monoisotopic (exact) mass is 456 g/mol. The molecule has 0 radical (unpaired) electrons. The van der Waals surface area contributed by atoms with E-state index in [1.165, 1.54) is 18.9 Å². The van der Waals surface area contributed by atoms with Crippen LogP contribution in [-0.2, 0) is 20.0 Å². The Bertz CT molecular complexity index is 863. The first-order chi connectivity index (χ1) is 13.3. The molecule has 150 valence electrons. The minimum atomic E-state index is -1.59. The molecular formula is C19H19BrF2N2O4. The van der Waals surface area contributed by atoms with E-state index in [9.17, 15) is 13.6 Å². The smallest absolute Gasteiger partial charge is 0.275 e. The standard InChI is InChI=1S/C19H19BrF2N2O4/c1-19(12-7-14(21)10-15(22)8-12)18(25)24(6-5-23-27-11-26-2)16-9-13(20)3-4-17(16)28-19/h3-4,7-10,23H,5-6,11H2,1-2H3/t19-/m0/s1. The van der Waals surface area contributed by atoms with Crippen molar-refractivity contribution < 1.29 is 27.9 Å². The van der Waals surface area contributed by atoms with Gasteiger partial charge in [-0.1, -0.05) is 15.9 Å². The van der Waals surface area contributed by atoms with Crippen molar-refractivity contribution in [2.24, 2.45) is 0 Å². The lowest BCUT2D eigenvalue weighted by molar-refractivity contribution is -0.135. The summed E-state index contributed by atoms with van der Waals surface area (Å²) in [7, 11) is 1.49. The maximum atomic E-state index is 13.8. The Morgan fingerprint density at radius 2 is 1.93 bits per heavy atom. The summed E-state index contributed by atoms with van der Waals surface area (Å²) in [6.07, 6.45) is 0. The summed E-state index contributed by atoms with van der Waals surface area (Å²) >= 11 is 3.38. The fourth-order valence-corrected chi connectivity index (χ4v) is 3.33. The fourth-order valence-electron chi connectivity index (χ4n) is 2.98. The van der Waals surface area contributed by atoms with Crippen LogP contribution < -0.4 is 15.1 Å². The third-order valence-corrected chi connectivity index (χ3v) is 4.80. The lowest BCUT2D eigenvalue weighted by Gasteiger charge is -2.41. The quantitative estimate of drug-likeness (QED) is 0.392. The molecule has 9 heteroatoms. The zero-order valence-electron chi connectivity index (χ0n) is 15.3. The van der Waals surface area contributed by atoms with Crippen molar-refractivity contribution in [3.8, 4) is 5.75 Å². The van der Waals surface area contributed by atoms with Gasteiger partial charge in [0.2, 0.25) is 5.60 Å².